The van der Waals surface area contributed by atoms with Gasteiger partial charge in [0.2, 0.25) is 0 Å². The van der Waals surface area contributed by atoms with Crippen molar-refractivity contribution < 1.29 is 5.11 Å². The Hall–Kier alpha value is -0.870. The van der Waals surface area contributed by atoms with E-state index in [1.807, 2.05) is 24.0 Å². The van der Waals surface area contributed by atoms with Crippen LogP contribution < -0.4 is 5.32 Å². The van der Waals surface area contributed by atoms with Crippen molar-refractivity contribution in [3.63, 3.8) is 0 Å². The Morgan fingerprint density at radius 3 is 2.81 bits per heavy atom. The van der Waals surface area contributed by atoms with Crippen molar-refractivity contribution in [1.82, 2.24) is 15.1 Å². The largest absolute Gasteiger partial charge is 0.396 e. The van der Waals surface area contributed by atoms with E-state index in [1.54, 1.807) is 0 Å². The molecule has 0 aliphatic rings. The van der Waals surface area contributed by atoms with Gasteiger partial charge in [0.15, 0.2) is 0 Å². The molecule has 4 nitrogen and oxygen atoms in total. The molecule has 4 heteroatoms. The smallest absolute Gasteiger partial charge is 0.0492 e. The maximum absolute atomic E-state index is 9.01. The third kappa shape index (κ3) is 3.61. The Morgan fingerprint density at radius 1 is 1.56 bits per heavy atom. The molecule has 1 aromatic rings. The van der Waals surface area contributed by atoms with Crippen LogP contribution in [0.5, 0.6) is 0 Å². The van der Waals surface area contributed by atoms with Gasteiger partial charge in [-0.25, -0.2) is 0 Å². The third-order valence-electron chi connectivity index (χ3n) is 3.30. The van der Waals surface area contributed by atoms with Crippen LogP contribution in [0.25, 0.3) is 0 Å². The molecule has 92 valence electrons. The van der Waals surface area contributed by atoms with Gasteiger partial charge in [0.25, 0.3) is 0 Å². The Labute approximate surface area is 97.7 Å². The van der Waals surface area contributed by atoms with Gasteiger partial charge < -0.3 is 10.4 Å². The standard InChI is InChI=1S/C12H23N3O/c1-4-12(2,7-10-16)13-8-5-11-6-9-14-15(11)3/h6,9,13,16H,4-5,7-8,10H2,1-3H3. The van der Waals surface area contributed by atoms with Crippen molar-refractivity contribution in [1.29, 1.82) is 0 Å². The van der Waals surface area contributed by atoms with Crippen LogP contribution >= 0.6 is 0 Å². The van der Waals surface area contributed by atoms with Crippen LogP contribution in [-0.2, 0) is 13.5 Å². The Bertz CT molecular complexity index is 311. The van der Waals surface area contributed by atoms with Gasteiger partial charge in [-0.15, -0.1) is 0 Å². The molecule has 1 aromatic heterocycles. The number of aromatic nitrogens is 2. The van der Waals surface area contributed by atoms with Gasteiger partial charge in [-0.2, -0.15) is 5.10 Å². The average molecular weight is 225 g/mol. The highest BCUT2D eigenvalue weighted by Crippen LogP contribution is 2.13. The first-order valence-electron chi connectivity index (χ1n) is 5.94. The van der Waals surface area contributed by atoms with Gasteiger partial charge in [0.1, 0.15) is 0 Å². The summed E-state index contributed by atoms with van der Waals surface area (Å²) in [5.74, 6) is 0. The minimum atomic E-state index is 0.0490. The highest BCUT2D eigenvalue weighted by Gasteiger charge is 2.19. The second-order valence-corrected chi connectivity index (χ2v) is 4.51. The predicted octanol–water partition coefficient (Wildman–Crippen LogP) is 1.10. The molecule has 0 aliphatic carbocycles. The van der Waals surface area contributed by atoms with E-state index in [1.165, 1.54) is 5.69 Å². The van der Waals surface area contributed by atoms with Crippen molar-refractivity contribution in [2.75, 3.05) is 13.2 Å². The van der Waals surface area contributed by atoms with Crippen LogP contribution in [-0.4, -0.2) is 33.6 Å². The SMILES string of the molecule is CCC(C)(CCO)NCCc1ccnn1C. The normalized spacial score (nSPS) is 15.0. The van der Waals surface area contributed by atoms with Crippen LogP contribution in [0.2, 0.25) is 0 Å². The molecule has 0 radical (unpaired) electrons. The highest BCUT2D eigenvalue weighted by atomic mass is 16.3. The monoisotopic (exact) mass is 225 g/mol. The Balaban J connectivity index is 2.36. The van der Waals surface area contributed by atoms with E-state index in [-0.39, 0.29) is 12.1 Å². The molecule has 0 aliphatic heterocycles. The third-order valence-corrected chi connectivity index (χ3v) is 3.30. The molecular formula is C12H23N3O. The van der Waals surface area contributed by atoms with Crippen LogP contribution in [0.3, 0.4) is 0 Å². The fraction of sp³-hybridized carbons (Fsp3) is 0.750. The van der Waals surface area contributed by atoms with E-state index in [9.17, 15) is 0 Å². The molecule has 0 saturated heterocycles. The molecule has 1 rings (SSSR count). The predicted molar refractivity (Wildman–Crippen MR) is 65.3 cm³/mol. The van der Waals surface area contributed by atoms with E-state index in [4.69, 9.17) is 5.11 Å². The fourth-order valence-electron chi connectivity index (χ4n) is 1.78. The molecule has 0 aromatic carbocycles. The second kappa shape index (κ2) is 6.01. The van der Waals surface area contributed by atoms with Crippen molar-refractivity contribution in [2.45, 2.75) is 38.6 Å². The number of aryl methyl sites for hydroxylation is 1. The number of aliphatic hydroxyl groups is 1. The summed E-state index contributed by atoms with van der Waals surface area (Å²) in [6, 6.07) is 2.04. The quantitative estimate of drug-likeness (QED) is 0.730. The highest BCUT2D eigenvalue weighted by molar-refractivity contribution is 5.00. The fourth-order valence-corrected chi connectivity index (χ4v) is 1.78. The van der Waals surface area contributed by atoms with Gasteiger partial charge in [-0.05, 0) is 25.8 Å². The van der Waals surface area contributed by atoms with E-state index < -0.39 is 0 Å². The summed E-state index contributed by atoms with van der Waals surface area (Å²) in [7, 11) is 1.96. The van der Waals surface area contributed by atoms with E-state index in [0.29, 0.717) is 0 Å². The lowest BCUT2D eigenvalue weighted by atomic mass is 9.95. The Morgan fingerprint density at radius 2 is 2.31 bits per heavy atom. The van der Waals surface area contributed by atoms with E-state index in [2.05, 4.69) is 24.3 Å². The van der Waals surface area contributed by atoms with Crippen LogP contribution in [0, 0.1) is 0 Å². The van der Waals surface area contributed by atoms with Crippen LogP contribution in [0.15, 0.2) is 12.3 Å². The van der Waals surface area contributed by atoms with Crippen molar-refractivity contribution in [2.24, 2.45) is 7.05 Å². The number of hydrogen-bond acceptors (Lipinski definition) is 3. The Kier molecular flexibility index (Phi) is 4.96. The number of rotatable bonds is 7. The number of nitrogens with one attached hydrogen (secondary N) is 1. The molecule has 0 bridgehead atoms. The second-order valence-electron chi connectivity index (χ2n) is 4.51. The molecule has 0 fully saturated rings. The molecule has 0 saturated carbocycles. The summed E-state index contributed by atoms with van der Waals surface area (Å²) in [4.78, 5) is 0. The molecule has 16 heavy (non-hydrogen) atoms. The number of nitrogens with zero attached hydrogens (tertiary/aromatic N) is 2. The van der Waals surface area contributed by atoms with E-state index >= 15 is 0 Å². The molecule has 0 spiro atoms. The zero-order valence-electron chi connectivity index (χ0n) is 10.5. The first-order chi connectivity index (χ1) is 7.61. The van der Waals surface area contributed by atoms with Crippen LogP contribution in [0.1, 0.15) is 32.4 Å². The maximum Gasteiger partial charge on any atom is 0.0492 e. The summed E-state index contributed by atoms with van der Waals surface area (Å²) in [6.07, 6.45) is 4.62. The summed E-state index contributed by atoms with van der Waals surface area (Å²) < 4.78 is 1.90. The average Bonchev–Trinajstić information content (AvgIpc) is 2.65. The van der Waals surface area contributed by atoms with Crippen molar-refractivity contribution >= 4 is 0 Å². The lowest BCUT2D eigenvalue weighted by molar-refractivity contribution is 0.216. The lowest BCUT2D eigenvalue weighted by Crippen LogP contribution is -2.43. The first kappa shape index (κ1) is 13.2. The number of hydrogen-bond donors (Lipinski definition) is 2. The topological polar surface area (TPSA) is 50.1 Å². The minimum Gasteiger partial charge on any atom is -0.396 e. The number of aliphatic hydroxyl groups excluding tert-OH is 1. The zero-order chi connectivity index (χ0) is 12.0. The van der Waals surface area contributed by atoms with Gasteiger partial charge in [-0.3, -0.25) is 4.68 Å². The molecule has 0 amide bonds. The molecule has 1 unspecified atom stereocenters. The van der Waals surface area contributed by atoms with E-state index in [0.717, 1.165) is 25.8 Å². The first-order valence-corrected chi connectivity index (χ1v) is 5.94. The van der Waals surface area contributed by atoms with Gasteiger partial charge >= 0.3 is 0 Å². The minimum absolute atomic E-state index is 0.0490. The molecule has 2 N–H and O–H groups in total. The summed E-state index contributed by atoms with van der Waals surface area (Å²) in [5, 5.41) is 16.7. The van der Waals surface area contributed by atoms with Crippen molar-refractivity contribution in [3.05, 3.63) is 18.0 Å². The summed E-state index contributed by atoms with van der Waals surface area (Å²) >= 11 is 0. The molecule has 1 atom stereocenters. The van der Waals surface area contributed by atoms with Gasteiger partial charge in [-0.1, -0.05) is 6.92 Å². The van der Waals surface area contributed by atoms with Crippen molar-refractivity contribution in [3.8, 4) is 0 Å². The van der Waals surface area contributed by atoms with Gasteiger partial charge in [0.05, 0.1) is 0 Å². The molecular weight excluding hydrogens is 202 g/mol. The van der Waals surface area contributed by atoms with Gasteiger partial charge in [0, 0.05) is 44.0 Å². The summed E-state index contributed by atoms with van der Waals surface area (Å²) in [5.41, 5.74) is 1.28. The maximum atomic E-state index is 9.01. The lowest BCUT2D eigenvalue weighted by Gasteiger charge is -2.29. The summed E-state index contributed by atoms with van der Waals surface area (Å²) in [6.45, 7) is 5.46. The molecule has 1 heterocycles. The van der Waals surface area contributed by atoms with Crippen LogP contribution in [0.4, 0.5) is 0 Å². The zero-order valence-corrected chi connectivity index (χ0v) is 10.5.